The first kappa shape index (κ1) is 17.0. The lowest BCUT2D eigenvalue weighted by molar-refractivity contribution is 0.0994. The number of benzene rings is 1. The molecule has 1 heterocycles. The van der Waals surface area contributed by atoms with Gasteiger partial charge >= 0.3 is 0 Å². The molecule has 1 atom stereocenters. The molecule has 4 nitrogen and oxygen atoms in total. The molecule has 0 aliphatic rings. The van der Waals surface area contributed by atoms with Gasteiger partial charge in [-0.3, -0.25) is 4.79 Å². The molecule has 0 bridgehead atoms. The van der Waals surface area contributed by atoms with E-state index >= 15 is 0 Å². The zero-order valence-corrected chi connectivity index (χ0v) is 14.8. The minimum absolute atomic E-state index is 0.126. The number of anilines is 1. The van der Waals surface area contributed by atoms with E-state index in [1.165, 1.54) is 23.1 Å². The maximum Gasteiger partial charge on any atom is 0.206 e. The van der Waals surface area contributed by atoms with Gasteiger partial charge in [0.25, 0.3) is 0 Å². The Balaban J connectivity index is 1.92. The predicted molar refractivity (Wildman–Crippen MR) is 94.1 cm³/mol. The van der Waals surface area contributed by atoms with E-state index in [1.54, 1.807) is 0 Å². The van der Waals surface area contributed by atoms with Crippen LogP contribution in [0.5, 0.6) is 0 Å². The largest absolute Gasteiger partial charge is 0.360 e. The van der Waals surface area contributed by atoms with Crippen molar-refractivity contribution in [1.29, 1.82) is 0 Å². The maximum atomic E-state index is 12.4. The van der Waals surface area contributed by atoms with Crippen LogP contribution in [0.2, 0.25) is 0 Å². The number of carbonyl (C=O) groups excluding carboxylic acids is 1. The third-order valence-corrected chi connectivity index (χ3v) is 5.26. The van der Waals surface area contributed by atoms with Gasteiger partial charge in [0.1, 0.15) is 0 Å². The summed E-state index contributed by atoms with van der Waals surface area (Å²) in [5, 5.41) is 12.2. The summed E-state index contributed by atoms with van der Waals surface area (Å²) >= 11 is 2.97. The van der Waals surface area contributed by atoms with E-state index < -0.39 is 0 Å². The highest BCUT2D eigenvalue weighted by molar-refractivity contribution is 8.02. The summed E-state index contributed by atoms with van der Waals surface area (Å²) in [6.45, 7) is 6.99. The lowest BCUT2D eigenvalue weighted by atomic mass is 10.1. The maximum absolute atomic E-state index is 12.4. The number of Topliss-reactive ketones (excluding diaryl/α,β-unsaturated/α-hetero) is 1. The lowest BCUT2D eigenvalue weighted by Crippen LogP contribution is -2.13. The highest BCUT2D eigenvalue weighted by atomic mass is 32.2. The number of nitrogens with one attached hydrogen (secondary N) is 1. The Labute approximate surface area is 139 Å². The van der Waals surface area contributed by atoms with Crippen LogP contribution in [0, 0.1) is 6.92 Å². The fourth-order valence-corrected chi connectivity index (χ4v) is 3.86. The highest BCUT2D eigenvalue weighted by Crippen LogP contribution is 2.30. The van der Waals surface area contributed by atoms with Crippen LogP contribution in [0.1, 0.15) is 42.6 Å². The topological polar surface area (TPSA) is 54.9 Å². The van der Waals surface area contributed by atoms with Crippen LogP contribution in [0.4, 0.5) is 5.13 Å². The fraction of sp³-hybridized carbons (Fsp3) is 0.438. The molecule has 1 aromatic heterocycles. The van der Waals surface area contributed by atoms with Crippen molar-refractivity contribution < 1.29 is 4.79 Å². The average Bonchev–Trinajstić information content (AvgIpc) is 2.95. The van der Waals surface area contributed by atoms with Crippen LogP contribution in [-0.2, 0) is 0 Å². The number of hydrogen-bond donors (Lipinski definition) is 1. The number of rotatable bonds is 8. The van der Waals surface area contributed by atoms with Gasteiger partial charge in [-0.15, -0.1) is 10.2 Å². The molecular weight excluding hydrogens is 314 g/mol. The molecule has 0 saturated heterocycles. The quantitative estimate of drug-likeness (QED) is 0.439. The fourth-order valence-electron chi connectivity index (χ4n) is 1.86. The van der Waals surface area contributed by atoms with Crippen molar-refractivity contribution in [1.82, 2.24) is 10.2 Å². The number of carbonyl (C=O) groups is 1. The normalized spacial score (nSPS) is 12.1. The van der Waals surface area contributed by atoms with E-state index in [1.807, 2.05) is 38.1 Å². The van der Waals surface area contributed by atoms with Gasteiger partial charge in [0.05, 0.1) is 5.25 Å². The average molecular weight is 335 g/mol. The number of aryl methyl sites for hydroxylation is 1. The second kappa shape index (κ2) is 8.29. The van der Waals surface area contributed by atoms with Crippen molar-refractivity contribution in [2.45, 2.75) is 43.2 Å². The summed E-state index contributed by atoms with van der Waals surface area (Å²) in [6.07, 6.45) is 2.26. The minimum Gasteiger partial charge on any atom is -0.360 e. The summed E-state index contributed by atoms with van der Waals surface area (Å²) in [5.41, 5.74) is 1.90. The molecule has 0 fully saturated rings. The molecule has 0 aliphatic heterocycles. The van der Waals surface area contributed by atoms with Crippen LogP contribution in [0.3, 0.4) is 0 Å². The standard InChI is InChI=1S/C16H21N3OS2/c1-4-5-10-17-15-18-19-16(22-15)21-12(3)14(20)13-8-6-11(2)7-9-13/h6-9,12H,4-5,10H2,1-3H3,(H,17,18). The number of thioether (sulfide) groups is 1. The predicted octanol–water partition coefficient (Wildman–Crippen LogP) is 4.42. The molecule has 22 heavy (non-hydrogen) atoms. The molecule has 0 amide bonds. The zero-order chi connectivity index (χ0) is 15.9. The van der Waals surface area contributed by atoms with Crippen molar-refractivity contribution in [3.63, 3.8) is 0 Å². The van der Waals surface area contributed by atoms with Gasteiger partial charge in [0.2, 0.25) is 5.13 Å². The molecular formula is C16H21N3OS2. The summed E-state index contributed by atoms with van der Waals surface area (Å²) in [4.78, 5) is 12.4. The van der Waals surface area contributed by atoms with Gasteiger partial charge in [0.15, 0.2) is 10.1 Å². The molecule has 0 aliphatic carbocycles. The lowest BCUT2D eigenvalue weighted by Gasteiger charge is -2.08. The first-order valence-corrected chi connectivity index (χ1v) is 9.14. The monoisotopic (exact) mass is 335 g/mol. The van der Waals surface area contributed by atoms with Crippen molar-refractivity contribution >= 4 is 34.0 Å². The Morgan fingerprint density at radius 3 is 2.73 bits per heavy atom. The molecule has 1 unspecified atom stereocenters. The van der Waals surface area contributed by atoms with Crippen molar-refractivity contribution in [3.8, 4) is 0 Å². The van der Waals surface area contributed by atoms with Crippen LogP contribution >= 0.6 is 23.1 Å². The van der Waals surface area contributed by atoms with E-state index in [0.29, 0.717) is 0 Å². The molecule has 2 aromatic rings. The minimum atomic E-state index is -0.167. The Hall–Kier alpha value is -1.40. The highest BCUT2D eigenvalue weighted by Gasteiger charge is 2.18. The first-order chi connectivity index (χ1) is 10.6. The van der Waals surface area contributed by atoms with Gasteiger partial charge in [-0.25, -0.2) is 0 Å². The molecule has 0 saturated carbocycles. The zero-order valence-electron chi connectivity index (χ0n) is 13.1. The van der Waals surface area contributed by atoms with Gasteiger partial charge in [-0.05, 0) is 20.3 Å². The van der Waals surface area contributed by atoms with Gasteiger partial charge in [-0.1, -0.05) is 66.3 Å². The molecule has 6 heteroatoms. The summed E-state index contributed by atoms with van der Waals surface area (Å²) < 4.78 is 0.826. The Morgan fingerprint density at radius 2 is 2.05 bits per heavy atom. The van der Waals surface area contributed by atoms with E-state index in [9.17, 15) is 4.79 Å². The van der Waals surface area contributed by atoms with Crippen molar-refractivity contribution in [2.75, 3.05) is 11.9 Å². The van der Waals surface area contributed by atoms with Crippen molar-refractivity contribution in [2.24, 2.45) is 0 Å². The SMILES string of the molecule is CCCCNc1nnc(SC(C)C(=O)c2ccc(C)cc2)s1. The van der Waals surface area contributed by atoms with Gasteiger partial charge in [0, 0.05) is 12.1 Å². The number of unbranched alkanes of at least 4 members (excludes halogenated alkanes) is 1. The second-order valence-corrected chi connectivity index (χ2v) is 7.71. The number of nitrogens with zero attached hydrogens (tertiary/aromatic N) is 2. The van der Waals surface area contributed by atoms with Gasteiger partial charge < -0.3 is 5.32 Å². The Bertz CT molecular complexity index is 610. The molecule has 0 spiro atoms. The Kier molecular flexibility index (Phi) is 6.39. The number of hydrogen-bond acceptors (Lipinski definition) is 6. The molecule has 2 rings (SSSR count). The Morgan fingerprint density at radius 1 is 1.32 bits per heavy atom. The van der Waals surface area contributed by atoms with Gasteiger partial charge in [-0.2, -0.15) is 0 Å². The number of ketones is 1. The third-order valence-electron chi connectivity index (χ3n) is 3.20. The van der Waals surface area contributed by atoms with Crippen LogP contribution in [0.25, 0.3) is 0 Å². The van der Waals surface area contributed by atoms with Crippen LogP contribution in [-0.4, -0.2) is 27.8 Å². The summed E-state index contributed by atoms with van der Waals surface area (Å²) in [6, 6.07) is 7.69. The second-order valence-electron chi connectivity index (χ2n) is 5.14. The van der Waals surface area contributed by atoms with Crippen molar-refractivity contribution in [3.05, 3.63) is 35.4 Å². The summed E-state index contributed by atoms with van der Waals surface area (Å²) in [5.74, 6) is 0.126. The third kappa shape index (κ3) is 4.81. The van der Waals surface area contributed by atoms with E-state index in [-0.39, 0.29) is 11.0 Å². The smallest absolute Gasteiger partial charge is 0.206 e. The first-order valence-electron chi connectivity index (χ1n) is 7.45. The number of aromatic nitrogens is 2. The van der Waals surface area contributed by atoms with E-state index in [2.05, 4.69) is 22.4 Å². The van der Waals surface area contributed by atoms with Crippen LogP contribution < -0.4 is 5.32 Å². The molecule has 0 radical (unpaired) electrons. The van der Waals surface area contributed by atoms with E-state index in [0.717, 1.165) is 40.0 Å². The summed E-state index contributed by atoms with van der Waals surface area (Å²) in [7, 11) is 0. The molecule has 1 N–H and O–H groups in total. The molecule has 1 aromatic carbocycles. The van der Waals surface area contributed by atoms with E-state index in [4.69, 9.17) is 0 Å². The van der Waals surface area contributed by atoms with Crippen LogP contribution in [0.15, 0.2) is 28.6 Å². The molecule has 118 valence electrons.